The van der Waals surface area contributed by atoms with Gasteiger partial charge in [0.2, 0.25) is 0 Å². The molecule has 2 amide bonds. The number of anilines is 1. The van der Waals surface area contributed by atoms with Crippen molar-refractivity contribution < 1.29 is 14.3 Å². The topological polar surface area (TPSA) is 54.0 Å². The number of ether oxygens (including phenoxy) is 2. The third-order valence-corrected chi connectivity index (χ3v) is 4.74. The summed E-state index contributed by atoms with van der Waals surface area (Å²) in [5.41, 5.74) is 0.552. The smallest absolute Gasteiger partial charge is 0.322 e. The summed E-state index contributed by atoms with van der Waals surface area (Å²) in [6.45, 7) is 3.03. The van der Waals surface area contributed by atoms with Crippen LogP contribution in [0.15, 0.2) is 18.2 Å². The van der Waals surface area contributed by atoms with E-state index in [1.54, 1.807) is 32.4 Å². The zero-order chi connectivity index (χ0) is 17.5. The first-order chi connectivity index (χ1) is 11.6. The number of nitrogens with zero attached hydrogens (tertiary/aromatic N) is 2. The molecule has 1 aromatic carbocycles. The van der Waals surface area contributed by atoms with Crippen molar-refractivity contribution in [2.24, 2.45) is 0 Å². The third kappa shape index (κ3) is 4.75. The normalized spacial score (nSPS) is 16.0. The number of carbonyl (C=O) groups is 1. The van der Waals surface area contributed by atoms with Gasteiger partial charge < -0.3 is 24.6 Å². The third-order valence-electron chi connectivity index (χ3n) is 4.35. The lowest BCUT2D eigenvalue weighted by Gasteiger charge is -2.37. The van der Waals surface area contributed by atoms with Gasteiger partial charge in [0.25, 0.3) is 0 Å². The molecule has 0 saturated carbocycles. The van der Waals surface area contributed by atoms with Crippen molar-refractivity contribution in [1.29, 1.82) is 0 Å². The molecule has 24 heavy (non-hydrogen) atoms. The number of nitrogens with one attached hydrogen (secondary N) is 1. The van der Waals surface area contributed by atoms with Crippen molar-refractivity contribution in [1.82, 2.24) is 9.80 Å². The van der Waals surface area contributed by atoms with E-state index in [0.29, 0.717) is 29.6 Å². The Hall–Kier alpha value is -1.50. The van der Waals surface area contributed by atoms with E-state index >= 15 is 0 Å². The zero-order valence-corrected chi connectivity index (χ0v) is 15.3. The summed E-state index contributed by atoms with van der Waals surface area (Å²) in [5.74, 6) is 0.539. The molecule has 0 bridgehead atoms. The van der Waals surface area contributed by atoms with Gasteiger partial charge in [-0.2, -0.15) is 0 Å². The summed E-state index contributed by atoms with van der Waals surface area (Å²) in [7, 11) is 5.30. The van der Waals surface area contributed by atoms with Gasteiger partial charge in [-0.15, -0.1) is 0 Å². The second-order valence-electron chi connectivity index (χ2n) is 5.97. The van der Waals surface area contributed by atoms with E-state index < -0.39 is 0 Å². The predicted molar refractivity (Wildman–Crippen MR) is 96.1 cm³/mol. The highest BCUT2D eigenvalue weighted by Crippen LogP contribution is 2.32. The molecule has 0 atom stereocenters. The van der Waals surface area contributed by atoms with Gasteiger partial charge in [-0.25, -0.2) is 4.79 Å². The Balaban J connectivity index is 2.10. The average molecular weight is 356 g/mol. The Morgan fingerprint density at radius 1 is 1.38 bits per heavy atom. The van der Waals surface area contributed by atoms with Gasteiger partial charge in [-0.05, 0) is 45.1 Å². The van der Waals surface area contributed by atoms with Crippen LogP contribution in [0.4, 0.5) is 10.5 Å². The van der Waals surface area contributed by atoms with Gasteiger partial charge in [-0.3, -0.25) is 0 Å². The standard InChI is InChI=1S/C17H26ClN3O3/c1-20-9-7-13(8-10-20)21(11-12-23-2)17(22)19-14-5-4-6-15(24-3)16(14)18/h4-6,13H,7-12H2,1-3H3,(H,19,22). The Morgan fingerprint density at radius 3 is 2.71 bits per heavy atom. The number of amides is 2. The molecular formula is C17H26ClN3O3. The van der Waals surface area contributed by atoms with Crippen LogP contribution in [-0.2, 0) is 4.74 Å². The quantitative estimate of drug-likeness (QED) is 0.852. The molecule has 7 heteroatoms. The zero-order valence-electron chi connectivity index (χ0n) is 14.5. The molecule has 1 N–H and O–H groups in total. The van der Waals surface area contributed by atoms with Crippen molar-refractivity contribution >= 4 is 23.3 Å². The maximum absolute atomic E-state index is 12.8. The summed E-state index contributed by atoms with van der Waals surface area (Å²) in [6, 6.07) is 5.39. The van der Waals surface area contributed by atoms with Crippen molar-refractivity contribution in [3.8, 4) is 5.75 Å². The minimum absolute atomic E-state index is 0.156. The number of rotatable bonds is 6. The van der Waals surface area contributed by atoms with Crippen LogP contribution in [0.1, 0.15) is 12.8 Å². The maximum Gasteiger partial charge on any atom is 0.322 e. The fraction of sp³-hybridized carbons (Fsp3) is 0.588. The van der Waals surface area contributed by atoms with Crippen LogP contribution in [0.5, 0.6) is 5.75 Å². The SMILES string of the molecule is COCCN(C(=O)Nc1cccc(OC)c1Cl)C1CCN(C)CC1. The van der Waals surface area contributed by atoms with Crippen LogP contribution < -0.4 is 10.1 Å². The largest absolute Gasteiger partial charge is 0.495 e. The predicted octanol–water partition coefficient (Wildman–Crippen LogP) is 2.92. The fourth-order valence-corrected chi connectivity index (χ4v) is 3.15. The number of urea groups is 1. The van der Waals surface area contributed by atoms with Gasteiger partial charge in [0.15, 0.2) is 0 Å². The lowest BCUT2D eigenvalue weighted by Crippen LogP contribution is -2.49. The van der Waals surface area contributed by atoms with E-state index in [4.69, 9.17) is 21.1 Å². The van der Waals surface area contributed by atoms with E-state index in [1.807, 2.05) is 4.90 Å². The Bertz CT molecular complexity index is 548. The molecule has 1 fully saturated rings. The number of carbonyl (C=O) groups excluding carboxylic acids is 1. The number of likely N-dealkylation sites (tertiary alicyclic amines) is 1. The molecule has 134 valence electrons. The molecule has 1 heterocycles. The van der Waals surface area contributed by atoms with E-state index in [0.717, 1.165) is 25.9 Å². The molecule has 1 aromatic rings. The highest BCUT2D eigenvalue weighted by Gasteiger charge is 2.27. The molecule has 0 unspecified atom stereocenters. The van der Waals surface area contributed by atoms with Crippen LogP contribution >= 0.6 is 11.6 Å². The van der Waals surface area contributed by atoms with E-state index in [-0.39, 0.29) is 12.1 Å². The number of methoxy groups -OCH3 is 2. The summed E-state index contributed by atoms with van der Waals surface area (Å²) >= 11 is 6.28. The monoisotopic (exact) mass is 355 g/mol. The molecule has 6 nitrogen and oxygen atoms in total. The Labute approximate surface area is 148 Å². The van der Waals surface area contributed by atoms with Gasteiger partial charge >= 0.3 is 6.03 Å². The van der Waals surface area contributed by atoms with Crippen molar-refractivity contribution in [3.05, 3.63) is 23.2 Å². The molecule has 0 aliphatic carbocycles. The molecule has 0 aromatic heterocycles. The number of hydrogen-bond donors (Lipinski definition) is 1. The van der Waals surface area contributed by atoms with Crippen LogP contribution in [0.3, 0.4) is 0 Å². The van der Waals surface area contributed by atoms with Gasteiger partial charge in [0.1, 0.15) is 10.8 Å². The molecule has 0 spiro atoms. The molecule has 1 aliphatic heterocycles. The first kappa shape index (κ1) is 18.8. The van der Waals surface area contributed by atoms with Gasteiger partial charge in [0.05, 0.1) is 19.4 Å². The second kappa shape index (κ2) is 9.11. The van der Waals surface area contributed by atoms with Crippen molar-refractivity contribution in [3.63, 3.8) is 0 Å². The number of piperidine rings is 1. The van der Waals surface area contributed by atoms with Crippen LogP contribution in [0, 0.1) is 0 Å². The van der Waals surface area contributed by atoms with Crippen LogP contribution in [0.25, 0.3) is 0 Å². The number of halogens is 1. The molecule has 1 saturated heterocycles. The van der Waals surface area contributed by atoms with Crippen LogP contribution in [0.2, 0.25) is 5.02 Å². The van der Waals surface area contributed by atoms with Crippen molar-refractivity contribution in [2.75, 3.05) is 52.8 Å². The maximum atomic E-state index is 12.8. The lowest BCUT2D eigenvalue weighted by atomic mass is 10.0. The highest BCUT2D eigenvalue weighted by molar-refractivity contribution is 6.35. The summed E-state index contributed by atoms with van der Waals surface area (Å²) < 4.78 is 10.4. The first-order valence-corrected chi connectivity index (χ1v) is 8.52. The number of benzene rings is 1. The van der Waals surface area contributed by atoms with E-state index in [9.17, 15) is 4.79 Å². The van der Waals surface area contributed by atoms with Gasteiger partial charge in [-0.1, -0.05) is 17.7 Å². The van der Waals surface area contributed by atoms with Crippen molar-refractivity contribution in [2.45, 2.75) is 18.9 Å². The second-order valence-corrected chi connectivity index (χ2v) is 6.35. The van der Waals surface area contributed by atoms with Gasteiger partial charge in [0, 0.05) is 19.7 Å². The summed E-state index contributed by atoms with van der Waals surface area (Å²) in [5, 5.41) is 3.31. The Kier molecular flexibility index (Phi) is 7.15. The summed E-state index contributed by atoms with van der Waals surface area (Å²) in [4.78, 5) is 16.9. The molecule has 2 rings (SSSR count). The molecule has 1 aliphatic rings. The lowest BCUT2D eigenvalue weighted by molar-refractivity contribution is 0.108. The minimum Gasteiger partial charge on any atom is -0.495 e. The average Bonchev–Trinajstić information content (AvgIpc) is 2.58. The Morgan fingerprint density at radius 2 is 2.08 bits per heavy atom. The highest BCUT2D eigenvalue weighted by atomic mass is 35.5. The van der Waals surface area contributed by atoms with E-state index in [1.165, 1.54) is 0 Å². The first-order valence-electron chi connectivity index (χ1n) is 8.14. The molecule has 0 radical (unpaired) electrons. The van der Waals surface area contributed by atoms with E-state index in [2.05, 4.69) is 17.3 Å². The minimum atomic E-state index is -0.156. The summed E-state index contributed by atoms with van der Waals surface area (Å²) in [6.07, 6.45) is 1.92. The van der Waals surface area contributed by atoms with Crippen LogP contribution in [-0.4, -0.2) is 69.4 Å². The fourth-order valence-electron chi connectivity index (χ4n) is 2.90. The number of hydrogen-bond acceptors (Lipinski definition) is 4. The molecular weight excluding hydrogens is 330 g/mol.